The number of anilines is 1. The van der Waals surface area contributed by atoms with Crippen molar-refractivity contribution in [1.29, 1.82) is 0 Å². The summed E-state index contributed by atoms with van der Waals surface area (Å²) in [4.78, 5) is 4.43. The molecule has 0 saturated carbocycles. The SMILES string of the molecule is FC(F)(F)c1ccc(NC(=S)N/N=C/c2ccc3ccccc3n2)cc1. The van der Waals surface area contributed by atoms with Crippen LogP contribution in [0.15, 0.2) is 65.8 Å². The quantitative estimate of drug-likeness (QED) is 0.400. The van der Waals surface area contributed by atoms with Gasteiger partial charge in [-0.15, -0.1) is 0 Å². The van der Waals surface area contributed by atoms with Gasteiger partial charge in [0.25, 0.3) is 0 Å². The number of halogens is 3. The van der Waals surface area contributed by atoms with Crippen LogP contribution in [-0.4, -0.2) is 16.3 Å². The second-order valence-corrected chi connectivity index (χ2v) is 5.74. The van der Waals surface area contributed by atoms with Gasteiger partial charge in [-0.05, 0) is 48.6 Å². The number of rotatable bonds is 3. The number of nitrogens with one attached hydrogen (secondary N) is 2. The highest BCUT2D eigenvalue weighted by atomic mass is 32.1. The fourth-order valence-corrected chi connectivity index (χ4v) is 2.38. The minimum absolute atomic E-state index is 0.154. The summed E-state index contributed by atoms with van der Waals surface area (Å²) in [6.45, 7) is 0. The molecule has 0 aliphatic rings. The predicted octanol–water partition coefficient (Wildman–Crippen LogP) is 4.57. The Labute approximate surface area is 152 Å². The second kappa shape index (κ2) is 7.49. The summed E-state index contributed by atoms with van der Waals surface area (Å²) in [6.07, 6.45) is -2.86. The maximum absolute atomic E-state index is 12.5. The minimum Gasteiger partial charge on any atom is -0.331 e. The van der Waals surface area contributed by atoms with E-state index in [9.17, 15) is 13.2 Å². The molecule has 2 aromatic carbocycles. The topological polar surface area (TPSA) is 49.3 Å². The van der Waals surface area contributed by atoms with Crippen LogP contribution in [0.3, 0.4) is 0 Å². The Hall–Kier alpha value is -3.00. The molecule has 0 spiro atoms. The number of alkyl halides is 3. The Morgan fingerprint density at radius 1 is 1.00 bits per heavy atom. The summed E-state index contributed by atoms with van der Waals surface area (Å²) in [5, 5.41) is 7.91. The summed E-state index contributed by atoms with van der Waals surface area (Å²) >= 11 is 5.06. The van der Waals surface area contributed by atoms with E-state index in [0.717, 1.165) is 23.0 Å². The minimum atomic E-state index is -4.37. The summed E-state index contributed by atoms with van der Waals surface area (Å²) in [5.41, 5.74) is 3.80. The van der Waals surface area contributed by atoms with Crippen molar-refractivity contribution in [2.24, 2.45) is 5.10 Å². The molecule has 0 unspecified atom stereocenters. The molecule has 3 rings (SSSR count). The van der Waals surface area contributed by atoms with E-state index in [2.05, 4.69) is 20.8 Å². The molecule has 0 aliphatic heterocycles. The second-order valence-electron chi connectivity index (χ2n) is 5.33. The molecule has 8 heteroatoms. The van der Waals surface area contributed by atoms with Crippen molar-refractivity contribution in [3.05, 3.63) is 71.9 Å². The van der Waals surface area contributed by atoms with Crippen molar-refractivity contribution < 1.29 is 13.2 Å². The van der Waals surface area contributed by atoms with E-state index in [-0.39, 0.29) is 5.11 Å². The first-order chi connectivity index (χ1) is 12.4. The van der Waals surface area contributed by atoms with Crippen LogP contribution in [0, 0.1) is 0 Å². The maximum atomic E-state index is 12.5. The van der Waals surface area contributed by atoms with E-state index in [1.165, 1.54) is 18.3 Å². The predicted molar refractivity (Wildman–Crippen MR) is 100 cm³/mol. The van der Waals surface area contributed by atoms with Gasteiger partial charge in [-0.1, -0.05) is 24.3 Å². The van der Waals surface area contributed by atoms with Crippen LogP contribution in [0.4, 0.5) is 18.9 Å². The number of nitrogens with zero attached hydrogens (tertiary/aromatic N) is 2. The first kappa shape index (κ1) is 17.8. The van der Waals surface area contributed by atoms with Crippen LogP contribution in [0.5, 0.6) is 0 Å². The first-order valence-corrected chi connectivity index (χ1v) is 7.96. The van der Waals surface area contributed by atoms with E-state index >= 15 is 0 Å². The molecule has 132 valence electrons. The third-order valence-corrected chi connectivity index (χ3v) is 3.65. The molecule has 0 atom stereocenters. The van der Waals surface area contributed by atoms with Crippen LogP contribution in [-0.2, 0) is 6.18 Å². The number of pyridine rings is 1. The van der Waals surface area contributed by atoms with Crippen molar-refractivity contribution in [3.63, 3.8) is 0 Å². The zero-order valence-electron chi connectivity index (χ0n) is 13.3. The highest BCUT2D eigenvalue weighted by Gasteiger charge is 2.29. The van der Waals surface area contributed by atoms with E-state index in [0.29, 0.717) is 11.4 Å². The van der Waals surface area contributed by atoms with Gasteiger partial charge in [-0.3, -0.25) is 5.43 Å². The number of benzene rings is 2. The average Bonchev–Trinajstić information content (AvgIpc) is 2.61. The first-order valence-electron chi connectivity index (χ1n) is 7.55. The summed E-state index contributed by atoms with van der Waals surface area (Å²) in [6, 6.07) is 16.0. The highest BCUT2D eigenvalue weighted by Crippen LogP contribution is 2.29. The van der Waals surface area contributed by atoms with Gasteiger partial charge in [0.05, 0.1) is 23.0 Å². The molecule has 1 aromatic heterocycles. The smallest absolute Gasteiger partial charge is 0.331 e. The lowest BCUT2D eigenvalue weighted by molar-refractivity contribution is -0.137. The van der Waals surface area contributed by atoms with Gasteiger partial charge in [0.15, 0.2) is 5.11 Å². The molecule has 0 fully saturated rings. The van der Waals surface area contributed by atoms with Crippen LogP contribution in [0.2, 0.25) is 0 Å². The Kier molecular flexibility index (Phi) is 5.13. The van der Waals surface area contributed by atoms with E-state index in [4.69, 9.17) is 12.2 Å². The average molecular weight is 374 g/mol. The Morgan fingerprint density at radius 3 is 2.46 bits per heavy atom. The van der Waals surface area contributed by atoms with E-state index in [1.807, 2.05) is 36.4 Å². The van der Waals surface area contributed by atoms with Gasteiger partial charge in [-0.25, -0.2) is 4.98 Å². The van der Waals surface area contributed by atoms with Gasteiger partial charge in [0.1, 0.15) is 0 Å². The monoisotopic (exact) mass is 374 g/mol. The normalized spacial score (nSPS) is 11.7. The van der Waals surface area contributed by atoms with Crippen LogP contribution in [0.25, 0.3) is 10.9 Å². The number of thiocarbonyl (C=S) groups is 1. The molecule has 3 aromatic rings. The molecule has 0 saturated heterocycles. The third-order valence-electron chi connectivity index (χ3n) is 3.45. The van der Waals surface area contributed by atoms with Crippen molar-refractivity contribution in [3.8, 4) is 0 Å². The van der Waals surface area contributed by atoms with Crippen molar-refractivity contribution in [2.75, 3.05) is 5.32 Å². The number of para-hydroxylation sites is 1. The number of hydrogen-bond acceptors (Lipinski definition) is 3. The van der Waals surface area contributed by atoms with Gasteiger partial charge in [0.2, 0.25) is 0 Å². The third kappa shape index (κ3) is 4.54. The van der Waals surface area contributed by atoms with Gasteiger partial charge >= 0.3 is 6.18 Å². The molecule has 26 heavy (non-hydrogen) atoms. The zero-order chi connectivity index (χ0) is 18.6. The lowest BCUT2D eigenvalue weighted by Crippen LogP contribution is -2.23. The zero-order valence-corrected chi connectivity index (χ0v) is 14.1. The number of hydrogen-bond donors (Lipinski definition) is 2. The van der Waals surface area contributed by atoms with Gasteiger partial charge < -0.3 is 5.32 Å². The van der Waals surface area contributed by atoms with E-state index < -0.39 is 11.7 Å². The largest absolute Gasteiger partial charge is 0.416 e. The van der Waals surface area contributed by atoms with Gasteiger partial charge in [0, 0.05) is 11.1 Å². The standard InChI is InChI=1S/C18H13F3N4S/c19-18(20,21)13-6-9-14(10-7-13)24-17(26)25-22-11-15-8-5-12-3-1-2-4-16(12)23-15/h1-11H,(H2,24,25,26)/b22-11+. The Morgan fingerprint density at radius 2 is 1.73 bits per heavy atom. The molecular formula is C18H13F3N4S. The summed E-state index contributed by atoms with van der Waals surface area (Å²) in [5.74, 6) is 0. The van der Waals surface area contributed by atoms with Gasteiger partial charge in [-0.2, -0.15) is 18.3 Å². The molecule has 1 heterocycles. The summed E-state index contributed by atoms with van der Waals surface area (Å²) in [7, 11) is 0. The fraction of sp³-hybridized carbons (Fsp3) is 0.0556. The highest BCUT2D eigenvalue weighted by molar-refractivity contribution is 7.80. The molecule has 0 radical (unpaired) electrons. The lowest BCUT2D eigenvalue weighted by Gasteiger charge is -2.09. The van der Waals surface area contributed by atoms with Crippen molar-refractivity contribution in [1.82, 2.24) is 10.4 Å². The van der Waals surface area contributed by atoms with Crippen LogP contribution >= 0.6 is 12.2 Å². The lowest BCUT2D eigenvalue weighted by atomic mass is 10.2. The van der Waals surface area contributed by atoms with E-state index in [1.54, 1.807) is 0 Å². The Balaban J connectivity index is 1.58. The molecular weight excluding hydrogens is 361 g/mol. The maximum Gasteiger partial charge on any atom is 0.416 e. The molecule has 0 aliphatic carbocycles. The van der Waals surface area contributed by atoms with Crippen molar-refractivity contribution in [2.45, 2.75) is 6.18 Å². The Bertz CT molecular complexity index is 953. The fourth-order valence-electron chi connectivity index (χ4n) is 2.21. The molecule has 4 nitrogen and oxygen atoms in total. The molecule has 0 bridgehead atoms. The number of hydrazone groups is 1. The van der Waals surface area contributed by atoms with Crippen LogP contribution < -0.4 is 10.7 Å². The molecule has 2 N–H and O–H groups in total. The summed E-state index contributed by atoms with van der Waals surface area (Å²) < 4.78 is 37.6. The molecule has 0 amide bonds. The van der Waals surface area contributed by atoms with Crippen molar-refractivity contribution >= 4 is 40.1 Å². The number of fused-ring (bicyclic) bond motifs is 1. The van der Waals surface area contributed by atoms with Crippen LogP contribution in [0.1, 0.15) is 11.3 Å². The number of aromatic nitrogens is 1.